The van der Waals surface area contributed by atoms with Gasteiger partial charge in [-0.15, -0.1) is 0 Å². The van der Waals surface area contributed by atoms with E-state index in [0.717, 1.165) is 5.56 Å². The Hall–Kier alpha value is -2.73. The molecule has 3 aromatic carbocycles. The van der Waals surface area contributed by atoms with Crippen molar-refractivity contribution in [2.24, 2.45) is 0 Å². The normalized spacial score (nSPS) is 11.6. The summed E-state index contributed by atoms with van der Waals surface area (Å²) in [5, 5.41) is 4.39. The Balaban J connectivity index is 1.81. The van der Waals surface area contributed by atoms with Crippen molar-refractivity contribution in [1.82, 2.24) is 10.2 Å². The monoisotopic (exact) mass is 546 g/mol. The molecule has 0 radical (unpaired) electrons. The molecule has 0 bridgehead atoms. The number of carbonyl (C=O) groups is 2. The SMILES string of the molecule is CCNC(=O)C(Cc1ccccc1)N(Cc1c(Cl)cccc1Cl)C(=O)CCCOc1ccc(Cl)cc1. The van der Waals surface area contributed by atoms with Gasteiger partial charge in [-0.1, -0.05) is 71.2 Å². The van der Waals surface area contributed by atoms with Crippen molar-refractivity contribution in [2.45, 2.75) is 38.8 Å². The maximum atomic E-state index is 13.6. The number of hydrogen-bond acceptors (Lipinski definition) is 3. The molecular formula is C28H29Cl3N2O3. The second-order valence-electron chi connectivity index (χ2n) is 8.23. The van der Waals surface area contributed by atoms with Crippen LogP contribution in [0.1, 0.15) is 30.9 Å². The number of halogens is 3. The van der Waals surface area contributed by atoms with Crippen molar-refractivity contribution >= 4 is 46.6 Å². The lowest BCUT2D eigenvalue weighted by atomic mass is 10.0. The van der Waals surface area contributed by atoms with Crippen molar-refractivity contribution in [3.05, 3.63) is 99.0 Å². The van der Waals surface area contributed by atoms with E-state index < -0.39 is 6.04 Å². The zero-order valence-electron chi connectivity index (χ0n) is 20.1. The second kappa shape index (κ2) is 14.1. The van der Waals surface area contributed by atoms with E-state index in [1.54, 1.807) is 47.4 Å². The van der Waals surface area contributed by atoms with Gasteiger partial charge in [0, 0.05) is 46.6 Å². The molecule has 36 heavy (non-hydrogen) atoms. The van der Waals surface area contributed by atoms with E-state index in [4.69, 9.17) is 39.5 Å². The van der Waals surface area contributed by atoms with Crippen molar-refractivity contribution < 1.29 is 14.3 Å². The smallest absolute Gasteiger partial charge is 0.243 e. The molecule has 0 aliphatic carbocycles. The van der Waals surface area contributed by atoms with Gasteiger partial charge in [-0.2, -0.15) is 0 Å². The molecule has 0 aliphatic rings. The predicted octanol–water partition coefficient (Wildman–Crippen LogP) is 6.58. The third-order valence-electron chi connectivity index (χ3n) is 5.63. The first-order valence-electron chi connectivity index (χ1n) is 11.8. The zero-order valence-corrected chi connectivity index (χ0v) is 22.3. The van der Waals surface area contributed by atoms with Crippen LogP contribution in [0.2, 0.25) is 15.1 Å². The molecule has 2 amide bonds. The first kappa shape index (κ1) is 27.9. The Morgan fingerprint density at radius 3 is 2.22 bits per heavy atom. The van der Waals surface area contributed by atoms with Gasteiger partial charge in [0.1, 0.15) is 11.8 Å². The molecule has 0 aliphatic heterocycles. The number of nitrogens with zero attached hydrogens (tertiary/aromatic N) is 1. The van der Waals surface area contributed by atoms with Crippen LogP contribution < -0.4 is 10.1 Å². The second-order valence-corrected chi connectivity index (χ2v) is 9.48. The van der Waals surface area contributed by atoms with Crippen molar-refractivity contribution in [3.63, 3.8) is 0 Å². The summed E-state index contributed by atoms with van der Waals surface area (Å²) in [5.41, 5.74) is 1.55. The topological polar surface area (TPSA) is 58.6 Å². The van der Waals surface area contributed by atoms with Crippen LogP contribution in [0.25, 0.3) is 0 Å². The highest BCUT2D eigenvalue weighted by atomic mass is 35.5. The largest absolute Gasteiger partial charge is 0.494 e. The maximum Gasteiger partial charge on any atom is 0.243 e. The molecule has 1 atom stereocenters. The Morgan fingerprint density at radius 2 is 1.58 bits per heavy atom. The zero-order chi connectivity index (χ0) is 25.9. The van der Waals surface area contributed by atoms with Crippen LogP contribution >= 0.6 is 34.8 Å². The molecule has 5 nitrogen and oxygen atoms in total. The highest BCUT2D eigenvalue weighted by molar-refractivity contribution is 6.36. The number of benzene rings is 3. The molecule has 0 aromatic heterocycles. The third kappa shape index (κ3) is 8.16. The quantitative estimate of drug-likeness (QED) is 0.261. The van der Waals surface area contributed by atoms with E-state index in [2.05, 4.69) is 5.32 Å². The lowest BCUT2D eigenvalue weighted by Gasteiger charge is -2.32. The minimum atomic E-state index is -0.732. The molecule has 0 saturated carbocycles. The molecule has 1 N–H and O–H groups in total. The van der Waals surface area contributed by atoms with Crippen LogP contribution in [0.4, 0.5) is 0 Å². The van der Waals surface area contributed by atoms with Gasteiger partial charge in [-0.05, 0) is 55.3 Å². The fourth-order valence-corrected chi connectivity index (χ4v) is 4.43. The highest BCUT2D eigenvalue weighted by Gasteiger charge is 2.30. The van der Waals surface area contributed by atoms with Crippen LogP contribution in [0, 0.1) is 0 Å². The summed E-state index contributed by atoms with van der Waals surface area (Å²) in [6.45, 7) is 2.76. The molecule has 0 fully saturated rings. The molecule has 3 aromatic rings. The van der Waals surface area contributed by atoms with E-state index in [9.17, 15) is 9.59 Å². The average Bonchev–Trinajstić information content (AvgIpc) is 2.87. The van der Waals surface area contributed by atoms with Crippen LogP contribution in [0.15, 0.2) is 72.8 Å². The lowest BCUT2D eigenvalue weighted by molar-refractivity contribution is -0.141. The van der Waals surface area contributed by atoms with Crippen LogP contribution in [0.3, 0.4) is 0 Å². The standard InChI is InChI=1S/C28H29Cl3N2O3/c1-2-32-28(35)26(18-20-8-4-3-5-9-20)33(19-23-24(30)10-6-11-25(23)31)27(34)12-7-17-36-22-15-13-21(29)14-16-22/h3-6,8-11,13-16,26H,2,7,12,17-19H2,1H3,(H,32,35). The summed E-state index contributed by atoms with van der Waals surface area (Å²) >= 11 is 18.8. The summed E-state index contributed by atoms with van der Waals surface area (Å²) < 4.78 is 5.74. The fraction of sp³-hybridized carbons (Fsp3) is 0.286. The summed E-state index contributed by atoms with van der Waals surface area (Å²) in [7, 11) is 0. The van der Waals surface area contributed by atoms with Crippen LogP contribution in [-0.2, 0) is 22.6 Å². The van der Waals surface area contributed by atoms with Crippen molar-refractivity contribution in [3.8, 4) is 5.75 Å². The van der Waals surface area contributed by atoms with Gasteiger partial charge in [0.15, 0.2) is 0 Å². The van der Waals surface area contributed by atoms with Crippen LogP contribution in [0.5, 0.6) is 5.75 Å². The number of amides is 2. The molecule has 190 valence electrons. The minimum Gasteiger partial charge on any atom is -0.494 e. The van der Waals surface area contributed by atoms with Gasteiger partial charge < -0.3 is 15.0 Å². The third-order valence-corrected chi connectivity index (χ3v) is 6.59. The lowest BCUT2D eigenvalue weighted by Crippen LogP contribution is -2.50. The van der Waals surface area contributed by atoms with E-state index >= 15 is 0 Å². The fourth-order valence-electron chi connectivity index (χ4n) is 3.79. The molecule has 0 heterocycles. The molecule has 8 heteroatoms. The Bertz CT molecular complexity index is 1120. The van der Waals surface area contributed by atoms with E-state index in [1.807, 2.05) is 37.3 Å². The van der Waals surface area contributed by atoms with Gasteiger partial charge in [0.05, 0.1) is 6.61 Å². The number of nitrogens with one attached hydrogen (secondary N) is 1. The van der Waals surface area contributed by atoms with Gasteiger partial charge in [-0.25, -0.2) is 0 Å². The van der Waals surface area contributed by atoms with E-state index in [1.165, 1.54) is 0 Å². The molecular weight excluding hydrogens is 519 g/mol. The molecule has 0 saturated heterocycles. The number of likely N-dealkylation sites (N-methyl/N-ethyl adjacent to an activating group) is 1. The summed E-state index contributed by atoms with van der Waals surface area (Å²) in [6.07, 6.45) is 1.03. The number of rotatable bonds is 12. The number of carbonyl (C=O) groups excluding carboxylic acids is 2. The van der Waals surface area contributed by atoms with Gasteiger partial charge in [0.2, 0.25) is 11.8 Å². The average molecular weight is 548 g/mol. The Kier molecular flexibility index (Phi) is 10.9. The maximum absolute atomic E-state index is 13.6. The summed E-state index contributed by atoms with van der Waals surface area (Å²) in [5.74, 6) is 0.268. The highest BCUT2D eigenvalue weighted by Crippen LogP contribution is 2.27. The molecule has 3 rings (SSSR count). The van der Waals surface area contributed by atoms with Crippen molar-refractivity contribution in [1.29, 1.82) is 0 Å². The minimum absolute atomic E-state index is 0.115. The van der Waals surface area contributed by atoms with E-state index in [0.29, 0.717) is 52.4 Å². The molecule has 1 unspecified atom stereocenters. The van der Waals surface area contributed by atoms with Gasteiger partial charge in [-0.3, -0.25) is 9.59 Å². The van der Waals surface area contributed by atoms with Gasteiger partial charge >= 0.3 is 0 Å². The summed E-state index contributed by atoms with van der Waals surface area (Å²) in [6, 6.07) is 21.1. The predicted molar refractivity (Wildman–Crippen MR) is 146 cm³/mol. The van der Waals surface area contributed by atoms with Crippen molar-refractivity contribution in [2.75, 3.05) is 13.2 Å². The van der Waals surface area contributed by atoms with E-state index in [-0.39, 0.29) is 24.8 Å². The summed E-state index contributed by atoms with van der Waals surface area (Å²) in [4.78, 5) is 28.3. The number of ether oxygens (including phenoxy) is 1. The molecule has 0 spiro atoms. The van der Waals surface area contributed by atoms with Crippen LogP contribution in [-0.4, -0.2) is 35.9 Å². The Labute approximate surface area is 227 Å². The van der Waals surface area contributed by atoms with Gasteiger partial charge in [0.25, 0.3) is 0 Å². The first-order chi connectivity index (χ1) is 17.4. The Morgan fingerprint density at radius 1 is 0.917 bits per heavy atom. The first-order valence-corrected chi connectivity index (χ1v) is 12.9. The number of hydrogen-bond donors (Lipinski definition) is 1.